The highest BCUT2D eigenvalue weighted by molar-refractivity contribution is 5.84. The lowest BCUT2D eigenvalue weighted by atomic mass is 10.0. The Morgan fingerprint density at radius 1 is 1.00 bits per heavy atom. The van der Waals surface area contributed by atoms with Gasteiger partial charge in [0.15, 0.2) is 0 Å². The zero-order chi connectivity index (χ0) is 24.1. The highest BCUT2D eigenvalue weighted by atomic mass is 16.3. The first-order chi connectivity index (χ1) is 17.0. The van der Waals surface area contributed by atoms with Crippen LogP contribution in [0.3, 0.4) is 0 Å². The van der Waals surface area contributed by atoms with Gasteiger partial charge in [0.1, 0.15) is 11.4 Å². The van der Waals surface area contributed by atoms with Crippen molar-refractivity contribution in [3.63, 3.8) is 0 Å². The molecular weight excluding hydrogens is 438 g/mol. The van der Waals surface area contributed by atoms with Gasteiger partial charge in [0.05, 0.1) is 6.26 Å². The number of hydrogen-bond acceptors (Lipinski definition) is 4. The third kappa shape index (κ3) is 4.07. The van der Waals surface area contributed by atoms with Crippen molar-refractivity contribution in [2.75, 3.05) is 13.1 Å². The smallest absolute Gasteiger partial charge is 0.256 e. The van der Waals surface area contributed by atoms with E-state index in [0.717, 1.165) is 65.7 Å². The summed E-state index contributed by atoms with van der Waals surface area (Å²) in [7, 11) is 0. The number of rotatable bonds is 5. The van der Waals surface area contributed by atoms with Crippen molar-refractivity contribution in [1.82, 2.24) is 14.5 Å². The van der Waals surface area contributed by atoms with Gasteiger partial charge in [-0.2, -0.15) is 0 Å². The highest BCUT2D eigenvalue weighted by Gasteiger charge is 2.36. The van der Waals surface area contributed by atoms with Gasteiger partial charge >= 0.3 is 0 Å². The molecule has 6 heteroatoms. The number of furan rings is 1. The Hall–Kier alpha value is -3.67. The quantitative estimate of drug-likeness (QED) is 0.405. The fourth-order valence-electron chi connectivity index (χ4n) is 5.13. The van der Waals surface area contributed by atoms with E-state index in [1.165, 1.54) is 0 Å². The minimum absolute atomic E-state index is 0.00829. The Labute approximate surface area is 204 Å². The van der Waals surface area contributed by atoms with Crippen LogP contribution in [0.15, 0.2) is 64.0 Å². The zero-order valence-corrected chi connectivity index (χ0v) is 20.2. The van der Waals surface area contributed by atoms with Gasteiger partial charge in [-0.25, -0.2) is 4.98 Å². The maximum atomic E-state index is 13.3. The monoisotopic (exact) mass is 467 g/mol. The van der Waals surface area contributed by atoms with E-state index in [0.29, 0.717) is 23.8 Å². The molecule has 2 aromatic heterocycles. The van der Waals surface area contributed by atoms with Gasteiger partial charge in [0.25, 0.3) is 5.56 Å². The number of carbonyl (C=O) groups excluding carboxylic acids is 1. The summed E-state index contributed by atoms with van der Waals surface area (Å²) in [6.45, 7) is 5.83. The molecular formula is C29H29N3O3. The van der Waals surface area contributed by atoms with Gasteiger partial charge in [-0.15, -0.1) is 0 Å². The molecule has 2 aliphatic rings. The van der Waals surface area contributed by atoms with E-state index in [1.54, 1.807) is 6.26 Å². The molecule has 35 heavy (non-hydrogen) atoms. The molecule has 178 valence electrons. The lowest BCUT2D eigenvalue weighted by molar-refractivity contribution is -0.131. The summed E-state index contributed by atoms with van der Waals surface area (Å²) in [5.41, 5.74) is 5.45. The van der Waals surface area contributed by atoms with Gasteiger partial charge in [-0.05, 0) is 68.4 Å². The molecule has 1 saturated heterocycles. The van der Waals surface area contributed by atoms with Crippen LogP contribution in [-0.2, 0) is 11.3 Å². The predicted octanol–water partition coefficient (Wildman–Crippen LogP) is 5.20. The molecule has 1 aliphatic carbocycles. The maximum absolute atomic E-state index is 13.3. The number of nitrogens with zero attached hydrogens (tertiary/aromatic N) is 3. The molecule has 0 N–H and O–H groups in total. The first-order valence-electron chi connectivity index (χ1n) is 12.4. The molecule has 1 saturated carbocycles. The summed E-state index contributed by atoms with van der Waals surface area (Å²) in [6, 6.07) is 16.4. The van der Waals surface area contributed by atoms with Crippen LogP contribution in [0.5, 0.6) is 0 Å². The zero-order valence-electron chi connectivity index (χ0n) is 20.2. The van der Waals surface area contributed by atoms with Gasteiger partial charge in [-0.1, -0.05) is 30.3 Å². The Bertz CT molecular complexity index is 1480. The second-order valence-corrected chi connectivity index (χ2v) is 10.0. The molecule has 1 amide bonds. The van der Waals surface area contributed by atoms with Crippen LogP contribution in [0.4, 0.5) is 0 Å². The van der Waals surface area contributed by atoms with E-state index in [2.05, 4.69) is 24.3 Å². The summed E-state index contributed by atoms with van der Waals surface area (Å²) in [5.74, 6) is 1.49. The third-order valence-electron chi connectivity index (χ3n) is 7.53. The predicted molar refractivity (Wildman–Crippen MR) is 136 cm³/mol. The summed E-state index contributed by atoms with van der Waals surface area (Å²) in [4.78, 5) is 32.7. The number of fused-ring (bicyclic) bond motifs is 1. The van der Waals surface area contributed by atoms with E-state index in [9.17, 15) is 9.59 Å². The van der Waals surface area contributed by atoms with Gasteiger partial charge in [-0.3, -0.25) is 14.2 Å². The standard InChI is InChI=1S/C29H29N3O3/c1-18-19(2)30-27(32(28(18)33)17-20-11-13-31(16-20)29(34)23-7-8-23)22-5-3-21(4-6-22)24-9-10-26-25(15-24)12-14-35-26/h3-6,9-10,12,14-15,20,23H,7-8,11,13,16-17H2,1-2H3. The topological polar surface area (TPSA) is 68.3 Å². The average molecular weight is 468 g/mol. The molecule has 1 unspecified atom stereocenters. The van der Waals surface area contributed by atoms with Crippen molar-refractivity contribution >= 4 is 16.9 Å². The van der Waals surface area contributed by atoms with E-state index < -0.39 is 0 Å². The SMILES string of the molecule is Cc1nc(-c2ccc(-c3ccc4occc4c3)cc2)n(CC2CCN(C(=O)C3CC3)C2)c(=O)c1C. The molecule has 3 heterocycles. The van der Waals surface area contributed by atoms with Crippen LogP contribution in [-0.4, -0.2) is 33.4 Å². The Balaban J connectivity index is 1.30. The number of aromatic nitrogens is 2. The molecule has 0 bridgehead atoms. The van der Waals surface area contributed by atoms with Crippen LogP contribution in [0.1, 0.15) is 30.5 Å². The number of carbonyl (C=O) groups is 1. The minimum atomic E-state index is 0.00829. The van der Waals surface area contributed by atoms with Crippen LogP contribution < -0.4 is 5.56 Å². The summed E-state index contributed by atoms with van der Waals surface area (Å²) in [6.07, 6.45) is 4.67. The van der Waals surface area contributed by atoms with Crippen molar-refractivity contribution in [2.45, 2.75) is 39.7 Å². The second-order valence-electron chi connectivity index (χ2n) is 10.0. The molecule has 6 rings (SSSR count). The molecule has 0 spiro atoms. The first kappa shape index (κ1) is 21.8. The van der Waals surface area contributed by atoms with Gasteiger partial charge < -0.3 is 9.32 Å². The van der Waals surface area contributed by atoms with Crippen LogP contribution in [0.25, 0.3) is 33.5 Å². The lowest BCUT2D eigenvalue weighted by Gasteiger charge is -2.19. The fourth-order valence-corrected chi connectivity index (χ4v) is 5.13. The molecule has 2 fully saturated rings. The second kappa shape index (κ2) is 8.52. The Morgan fingerprint density at radius 3 is 2.51 bits per heavy atom. The molecule has 6 nitrogen and oxygen atoms in total. The van der Waals surface area contributed by atoms with Crippen LogP contribution in [0, 0.1) is 25.7 Å². The number of benzene rings is 2. The van der Waals surface area contributed by atoms with Crippen molar-refractivity contribution < 1.29 is 9.21 Å². The van der Waals surface area contributed by atoms with Crippen molar-refractivity contribution in [2.24, 2.45) is 11.8 Å². The van der Waals surface area contributed by atoms with Crippen LogP contribution >= 0.6 is 0 Å². The van der Waals surface area contributed by atoms with E-state index in [4.69, 9.17) is 9.40 Å². The summed E-state index contributed by atoms with van der Waals surface area (Å²) in [5, 5.41) is 1.07. The maximum Gasteiger partial charge on any atom is 0.256 e. The number of hydrogen-bond donors (Lipinski definition) is 0. The van der Waals surface area contributed by atoms with Crippen molar-refractivity contribution in [1.29, 1.82) is 0 Å². The third-order valence-corrected chi connectivity index (χ3v) is 7.53. The van der Waals surface area contributed by atoms with E-state index >= 15 is 0 Å². The summed E-state index contributed by atoms with van der Waals surface area (Å²) >= 11 is 0. The lowest BCUT2D eigenvalue weighted by Crippen LogP contribution is -2.32. The number of aryl methyl sites for hydroxylation is 1. The number of likely N-dealkylation sites (tertiary alicyclic amines) is 1. The largest absolute Gasteiger partial charge is 0.464 e. The van der Waals surface area contributed by atoms with Crippen molar-refractivity contribution in [3.8, 4) is 22.5 Å². The average Bonchev–Trinajstić information content (AvgIpc) is 3.44. The molecule has 1 aliphatic heterocycles. The van der Waals surface area contributed by atoms with Crippen molar-refractivity contribution in [3.05, 3.63) is 76.4 Å². The van der Waals surface area contributed by atoms with E-state index in [-0.39, 0.29) is 17.4 Å². The van der Waals surface area contributed by atoms with E-state index in [1.807, 2.05) is 47.6 Å². The Kier molecular flexibility index (Phi) is 5.32. The molecule has 0 radical (unpaired) electrons. The summed E-state index contributed by atoms with van der Waals surface area (Å²) < 4.78 is 7.28. The molecule has 4 aromatic rings. The van der Waals surface area contributed by atoms with Crippen LogP contribution in [0.2, 0.25) is 0 Å². The normalized spacial score (nSPS) is 17.9. The molecule has 1 atom stereocenters. The number of amides is 1. The Morgan fingerprint density at radius 2 is 1.74 bits per heavy atom. The van der Waals surface area contributed by atoms with Gasteiger partial charge in [0, 0.05) is 47.8 Å². The minimum Gasteiger partial charge on any atom is -0.464 e. The fraction of sp³-hybridized carbons (Fsp3) is 0.345. The van der Waals surface area contributed by atoms with Gasteiger partial charge in [0.2, 0.25) is 5.91 Å². The highest BCUT2D eigenvalue weighted by Crippen LogP contribution is 2.33. The first-order valence-corrected chi connectivity index (χ1v) is 12.4. The molecule has 2 aromatic carbocycles.